The van der Waals surface area contributed by atoms with Crippen LogP contribution in [0.5, 0.6) is 11.5 Å². The molecule has 8 nitrogen and oxygen atoms in total. The quantitative estimate of drug-likeness (QED) is 0.346. The van der Waals surface area contributed by atoms with Gasteiger partial charge in [0.1, 0.15) is 12.8 Å². The Hall–Kier alpha value is -4.46. The molecule has 2 amide bonds. The average Bonchev–Trinajstić information content (AvgIpc) is 3.30. The van der Waals surface area contributed by atoms with Crippen molar-refractivity contribution in [3.8, 4) is 11.5 Å². The van der Waals surface area contributed by atoms with Crippen LogP contribution in [0.2, 0.25) is 0 Å². The number of nitrogens with zero attached hydrogens (tertiary/aromatic N) is 3. The predicted octanol–water partition coefficient (Wildman–Crippen LogP) is 4.38. The summed E-state index contributed by atoms with van der Waals surface area (Å²) in [7, 11) is 3.65. The molecule has 1 aromatic heterocycles. The van der Waals surface area contributed by atoms with Crippen molar-refractivity contribution in [2.24, 2.45) is 0 Å². The lowest BCUT2D eigenvalue weighted by Gasteiger charge is -2.46. The smallest absolute Gasteiger partial charge is 0.257 e. The van der Waals surface area contributed by atoms with E-state index in [1.807, 2.05) is 59.5 Å². The molecule has 0 bridgehead atoms. The average molecular weight is 525 g/mol. The number of benzene rings is 3. The summed E-state index contributed by atoms with van der Waals surface area (Å²) in [5.41, 5.74) is 5.12. The van der Waals surface area contributed by atoms with E-state index in [4.69, 9.17) is 9.47 Å². The minimum Gasteiger partial charge on any atom is -0.493 e. The maximum Gasteiger partial charge on any atom is 0.257 e. The Balaban J connectivity index is 1.21. The number of fused-ring (bicyclic) bond motifs is 6. The number of nitrogens with one attached hydrogen (secondary N) is 1. The summed E-state index contributed by atoms with van der Waals surface area (Å²) in [5.74, 6) is 1.33. The number of aromatic nitrogens is 1. The molecule has 4 aromatic rings. The molecule has 3 heterocycles. The van der Waals surface area contributed by atoms with Crippen molar-refractivity contribution in [3.63, 3.8) is 0 Å². The summed E-state index contributed by atoms with van der Waals surface area (Å²) in [4.78, 5) is 30.5. The van der Waals surface area contributed by atoms with Crippen LogP contribution in [0.15, 0.2) is 72.8 Å². The zero-order valence-corrected chi connectivity index (χ0v) is 22.2. The van der Waals surface area contributed by atoms with Crippen LogP contribution in [0.25, 0.3) is 10.9 Å². The largest absolute Gasteiger partial charge is 0.493 e. The normalized spacial score (nSPS) is 15.9. The van der Waals surface area contributed by atoms with E-state index < -0.39 is 0 Å². The van der Waals surface area contributed by atoms with Crippen LogP contribution in [-0.2, 0) is 17.8 Å². The Morgan fingerprint density at radius 1 is 1.00 bits per heavy atom. The number of hydrogen-bond acceptors (Lipinski definition) is 5. The summed E-state index contributed by atoms with van der Waals surface area (Å²) < 4.78 is 13.3. The van der Waals surface area contributed by atoms with Gasteiger partial charge in [-0.3, -0.25) is 9.59 Å². The van der Waals surface area contributed by atoms with Crippen molar-refractivity contribution < 1.29 is 19.1 Å². The Bertz CT molecular complexity index is 1540. The highest BCUT2D eigenvalue weighted by Crippen LogP contribution is 2.44. The number of aryl methyl sites for hydroxylation is 1. The second kappa shape index (κ2) is 10.4. The van der Waals surface area contributed by atoms with Gasteiger partial charge in [0.15, 0.2) is 11.5 Å². The summed E-state index contributed by atoms with van der Waals surface area (Å²) in [6, 6.07) is 23.6. The van der Waals surface area contributed by atoms with Crippen LogP contribution in [-0.4, -0.2) is 55.1 Å². The standard InChI is InChI=1S/C31H32N4O4/c1-33-24-11-5-4-10-23(24)31(37)35-18-15-22-21-9-3-6-12-25(21)34(29(22)30(33)35)19-16-28(36)32-17-20-39-27-14-8-7-13-26(27)38-2/h3-14,30H,15-20H2,1-2H3,(H,32,36)/t30-/m1/s1. The number of carbonyl (C=O) groups excluding carboxylic acids is 2. The van der Waals surface area contributed by atoms with Crippen molar-refractivity contribution in [3.05, 3.63) is 89.6 Å². The first-order valence-electron chi connectivity index (χ1n) is 13.3. The monoisotopic (exact) mass is 524 g/mol. The molecule has 1 atom stereocenters. The highest BCUT2D eigenvalue weighted by molar-refractivity contribution is 6.02. The summed E-state index contributed by atoms with van der Waals surface area (Å²) >= 11 is 0. The van der Waals surface area contributed by atoms with E-state index >= 15 is 0 Å². The molecule has 1 N–H and O–H groups in total. The van der Waals surface area contributed by atoms with E-state index in [0.717, 1.165) is 28.9 Å². The number of anilines is 1. The van der Waals surface area contributed by atoms with Crippen LogP contribution >= 0.6 is 0 Å². The molecule has 0 aliphatic carbocycles. The van der Waals surface area contributed by atoms with E-state index in [1.54, 1.807) is 7.11 Å². The molecule has 0 saturated carbocycles. The van der Waals surface area contributed by atoms with E-state index in [0.29, 0.717) is 44.2 Å². The molecule has 8 heteroatoms. The van der Waals surface area contributed by atoms with Gasteiger partial charge >= 0.3 is 0 Å². The van der Waals surface area contributed by atoms with Gasteiger partial charge in [0.25, 0.3) is 5.91 Å². The van der Waals surface area contributed by atoms with E-state index in [-0.39, 0.29) is 18.0 Å². The SMILES string of the molecule is COc1ccccc1OCCNC(=O)CCn1c2c(c3ccccc31)CCN1C(=O)c3ccccc3N(C)[C@@H]21. The number of rotatable bonds is 8. The molecule has 0 spiro atoms. The van der Waals surface area contributed by atoms with Gasteiger partial charge in [0.2, 0.25) is 5.91 Å². The molecule has 39 heavy (non-hydrogen) atoms. The zero-order valence-electron chi connectivity index (χ0n) is 22.2. The topological polar surface area (TPSA) is 76.0 Å². The third kappa shape index (κ3) is 4.35. The first-order chi connectivity index (χ1) is 19.1. The number of carbonyl (C=O) groups is 2. The predicted molar refractivity (Wildman–Crippen MR) is 150 cm³/mol. The van der Waals surface area contributed by atoms with E-state index in [2.05, 4.69) is 40.0 Å². The van der Waals surface area contributed by atoms with E-state index in [1.165, 1.54) is 10.9 Å². The third-order valence-electron chi connectivity index (χ3n) is 7.72. The molecule has 2 aliphatic rings. The Morgan fingerprint density at radius 2 is 1.74 bits per heavy atom. The third-order valence-corrected chi connectivity index (χ3v) is 7.72. The van der Waals surface area contributed by atoms with Crippen molar-refractivity contribution in [1.82, 2.24) is 14.8 Å². The lowest BCUT2D eigenvalue weighted by molar-refractivity contribution is -0.121. The van der Waals surface area contributed by atoms with Gasteiger partial charge in [-0.05, 0) is 42.3 Å². The van der Waals surface area contributed by atoms with E-state index in [9.17, 15) is 9.59 Å². The lowest BCUT2D eigenvalue weighted by Crippen LogP contribution is -2.51. The number of hydrogen-bond donors (Lipinski definition) is 1. The lowest BCUT2D eigenvalue weighted by atomic mass is 9.96. The number of ether oxygens (including phenoxy) is 2. The van der Waals surface area contributed by atoms with Gasteiger partial charge in [0.05, 0.1) is 30.6 Å². The fraction of sp³-hybridized carbons (Fsp3) is 0.290. The minimum atomic E-state index is -0.221. The Kier molecular flexibility index (Phi) is 6.60. The molecule has 6 rings (SSSR count). The van der Waals surface area contributed by atoms with Crippen LogP contribution in [0.4, 0.5) is 5.69 Å². The number of methoxy groups -OCH3 is 1. The van der Waals surface area contributed by atoms with Crippen molar-refractivity contribution in [1.29, 1.82) is 0 Å². The van der Waals surface area contributed by atoms with Crippen LogP contribution in [0.1, 0.15) is 34.2 Å². The summed E-state index contributed by atoms with van der Waals surface area (Å²) in [5, 5.41) is 4.17. The second-order valence-electron chi connectivity index (χ2n) is 9.88. The maximum absolute atomic E-state index is 13.5. The zero-order chi connectivity index (χ0) is 26.9. The second-order valence-corrected chi connectivity index (χ2v) is 9.88. The fourth-order valence-corrected chi connectivity index (χ4v) is 5.94. The summed E-state index contributed by atoms with van der Waals surface area (Å²) in [6.07, 6.45) is 0.884. The van der Waals surface area contributed by atoms with Gasteiger partial charge in [-0.1, -0.05) is 42.5 Å². The van der Waals surface area contributed by atoms with Crippen molar-refractivity contribution >= 4 is 28.4 Å². The van der Waals surface area contributed by atoms with Crippen molar-refractivity contribution in [2.45, 2.75) is 25.6 Å². The van der Waals surface area contributed by atoms with Gasteiger partial charge < -0.3 is 29.2 Å². The molecular formula is C31H32N4O4. The maximum atomic E-state index is 13.5. The molecule has 0 saturated heterocycles. The molecular weight excluding hydrogens is 492 g/mol. The van der Waals surface area contributed by atoms with Gasteiger partial charge in [-0.2, -0.15) is 0 Å². The Morgan fingerprint density at radius 3 is 2.59 bits per heavy atom. The fourth-order valence-electron chi connectivity index (χ4n) is 5.94. The highest BCUT2D eigenvalue weighted by Gasteiger charge is 2.42. The van der Waals surface area contributed by atoms with Gasteiger partial charge in [-0.25, -0.2) is 0 Å². The molecule has 0 unspecified atom stereocenters. The minimum absolute atomic E-state index is 0.0451. The molecule has 3 aromatic carbocycles. The van der Waals surface area contributed by atoms with Gasteiger partial charge in [-0.15, -0.1) is 0 Å². The molecule has 0 fully saturated rings. The molecule has 2 aliphatic heterocycles. The van der Waals surface area contributed by atoms with Crippen LogP contribution in [0.3, 0.4) is 0 Å². The first kappa shape index (κ1) is 24.9. The first-order valence-corrected chi connectivity index (χ1v) is 13.3. The summed E-state index contributed by atoms with van der Waals surface area (Å²) in [6.45, 7) is 1.92. The molecule has 200 valence electrons. The molecule has 0 radical (unpaired) electrons. The van der Waals surface area contributed by atoms with Crippen LogP contribution in [0, 0.1) is 0 Å². The van der Waals surface area contributed by atoms with Crippen LogP contribution < -0.4 is 19.7 Å². The highest BCUT2D eigenvalue weighted by atomic mass is 16.5. The van der Waals surface area contributed by atoms with Gasteiger partial charge in [0, 0.05) is 37.5 Å². The number of amides is 2. The number of para-hydroxylation sites is 4. The Labute approximate surface area is 227 Å². The van der Waals surface area contributed by atoms with Crippen molar-refractivity contribution in [2.75, 3.05) is 38.8 Å².